The summed E-state index contributed by atoms with van der Waals surface area (Å²) in [5, 5.41) is 0. The van der Waals surface area contributed by atoms with E-state index in [2.05, 4.69) is 0 Å². The molecule has 7 nitrogen and oxygen atoms in total. The van der Waals surface area contributed by atoms with Gasteiger partial charge in [-0.05, 0) is 33.2 Å². The number of nitrogens with zero attached hydrogens (tertiary/aromatic N) is 3. The SMILES string of the molecule is CCN1CC2(CCN(C(=O)CCN(C)[C@H]3CCS(=O)(=O)C3)CC2)CC1=O. The second-order valence-electron chi connectivity index (χ2n) is 8.25. The van der Waals surface area contributed by atoms with E-state index in [1.165, 1.54) is 0 Å². The van der Waals surface area contributed by atoms with E-state index in [1.807, 2.05) is 28.7 Å². The third kappa shape index (κ3) is 4.22. The van der Waals surface area contributed by atoms with Crippen LogP contribution in [-0.4, -0.2) is 92.3 Å². The zero-order chi connectivity index (χ0) is 18.9. The summed E-state index contributed by atoms with van der Waals surface area (Å²) in [7, 11) is -0.982. The Balaban J connectivity index is 1.44. The summed E-state index contributed by atoms with van der Waals surface area (Å²) in [6.45, 7) is 5.68. The van der Waals surface area contributed by atoms with E-state index in [9.17, 15) is 18.0 Å². The molecule has 0 radical (unpaired) electrons. The molecule has 1 atom stereocenters. The van der Waals surface area contributed by atoms with Crippen LogP contribution in [0, 0.1) is 5.41 Å². The van der Waals surface area contributed by atoms with Gasteiger partial charge in [-0.3, -0.25) is 9.59 Å². The van der Waals surface area contributed by atoms with Gasteiger partial charge in [-0.25, -0.2) is 8.42 Å². The zero-order valence-electron chi connectivity index (χ0n) is 15.9. The molecule has 3 heterocycles. The summed E-state index contributed by atoms with van der Waals surface area (Å²) in [4.78, 5) is 30.4. The van der Waals surface area contributed by atoms with E-state index in [1.54, 1.807) is 0 Å². The maximum Gasteiger partial charge on any atom is 0.223 e. The van der Waals surface area contributed by atoms with Crippen LogP contribution in [0.25, 0.3) is 0 Å². The van der Waals surface area contributed by atoms with Crippen molar-refractivity contribution < 1.29 is 18.0 Å². The van der Waals surface area contributed by atoms with Crippen LogP contribution >= 0.6 is 0 Å². The number of likely N-dealkylation sites (tertiary alicyclic amines) is 2. The third-order valence-electron chi connectivity index (χ3n) is 6.47. The van der Waals surface area contributed by atoms with E-state index in [-0.39, 0.29) is 34.8 Å². The monoisotopic (exact) mass is 385 g/mol. The number of rotatable bonds is 5. The van der Waals surface area contributed by atoms with Gasteiger partial charge in [0.2, 0.25) is 11.8 Å². The Hall–Kier alpha value is -1.15. The summed E-state index contributed by atoms with van der Waals surface area (Å²) in [5.74, 6) is 0.869. The predicted octanol–water partition coefficient (Wildman–Crippen LogP) is 0.356. The number of sulfone groups is 1. The van der Waals surface area contributed by atoms with E-state index in [4.69, 9.17) is 0 Å². The summed E-state index contributed by atoms with van der Waals surface area (Å²) >= 11 is 0. The fraction of sp³-hybridized carbons (Fsp3) is 0.889. The Morgan fingerprint density at radius 2 is 2.00 bits per heavy atom. The smallest absolute Gasteiger partial charge is 0.223 e. The van der Waals surface area contributed by atoms with Crippen LogP contribution in [-0.2, 0) is 19.4 Å². The highest BCUT2D eigenvalue weighted by atomic mass is 32.2. The minimum Gasteiger partial charge on any atom is -0.343 e. The number of amides is 2. The van der Waals surface area contributed by atoms with E-state index in [0.717, 1.165) is 39.0 Å². The fourth-order valence-corrected chi connectivity index (χ4v) is 6.38. The molecule has 3 saturated heterocycles. The Morgan fingerprint density at radius 3 is 2.54 bits per heavy atom. The molecule has 2 amide bonds. The summed E-state index contributed by atoms with van der Waals surface area (Å²) in [6.07, 6.45) is 3.53. The van der Waals surface area contributed by atoms with Gasteiger partial charge in [-0.15, -0.1) is 0 Å². The molecule has 148 valence electrons. The molecular formula is C18H31N3O4S. The van der Waals surface area contributed by atoms with Crippen molar-refractivity contribution >= 4 is 21.7 Å². The van der Waals surface area contributed by atoms with Gasteiger partial charge < -0.3 is 14.7 Å². The number of carbonyl (C=O) groups excluding carboxylic acids is 2. The maximum atomic E-state index is 12.5. The first-order valence-electron chi connectivity index (χ1n) is 9.70. The van der Waals surface area contributed by atoms with Crippen molar-refractivity contribution in [3.8, 4) is 0 Å². The normalized spacial score (nSPS) is 27.7. The van der Waals surface area contributed by atoms with Gasteiger partial charge in [0.05, 0.1) is 11.5 Å². The molecule has 26 heavy (non-hydrogen) atoms. The zero-order valence-corrected chi connectivity index (χ0v) is 16.8. The van der Waals surface area contributed by atoms with Crippen molar-refractivity contribution in [2.75, 3.05) is 51.3 Å². The van der Waals surface area contributed by atoms with Crippen molar-refractivity contribution in [2.24, 2.45) is 5.41 Å². The van der Waals surface area contributed by atoms with Gasteiger partial charge in [-0.2, -0.15) is 0 Å². The van der Waals surface area contributed by atoms with Crippen molar-refractivity contribution in [3.63, 3.8) is 0 Å². The molecule has 0 N–H and O–H groups in total. The van der Waals surface area contributed by atoms with Crippen LogP contribution in [0.5, 0.6) is 0 Å². The van der Waals surface area contributed by atoms with Crippen LogP contribution < -0.4 is 0 Å². The summed E-state index contributed by atoms with van der Waals surface area (Å²) in [5.41, 5.74) is 0.0683. The molecule has 1 spiro atoms. The minimum absolute atomic E-state index is 0.0435. The van der Waals surface area contributed by atoms with Crippen LogP contribution in [0.1, 0.15) is 39.0 Å². The summed E-state index contributed by atoms with van der Waals surface area (Å²) < 4.78 is 23.2. The minimum atomic E-state index is -2.89. The molecule has 0 saturated carbocycles. The number of hydrogen-bond donors (Lipinski definition) is 0. The molecule has 0 unspecified atom stereocenters. The van der Waals surface area contributed by atoms with Crippen LogP contribution in [0.15, 0.2) is 0 Å². The van der Waals surface area contributed by atoms with Crippen molar-refractivity contribution in [1.82, 2.24) is 14.7 Å². The molecule has 3 fully saturated rings. The Morgan fingerprint density at radius 1 is 1.31 bits per heavy atom. The second-order valence-corrected chi connectivity index (χ2v) is 10.5. The standard InChI is InChI=1S/C18H31N3O4S/c1-3-20-14-18(12-17(20)23)6-9-21(10-7-18)16(22)4-8-19(2)15-5-11-26(24,25)13-15/h15H,3-14H2,1-2H3/t15-/m0/s1. The first-order valence-corrected chi connectivity index (χ1v) is 11.5. The highest BCUT2D eigenvalue weighted by Gasteiger charge is 2.44. The molecule has 3 rings (SSSR count). The van der Waals surface area contributed by atoms with Gasteiger partial charge in [0.15, 0.2) is 9.84 Å². The van der Waals surface area contributed by atoms with Gasteiger partial charge in [0, 0.05) is 57.0 Å². The lowest BCUT2D eigenvalue weighted by Gasteiger charge is -2.39. The molecule has 0 aromatic rings. The third-order valence-corrected chi connectivity index (χ3v) is 8.22. The van der Waals surface area contributed by atoms with Gasteiger partial charge >= 0.3 is 0 Å². The molecule has 3 aliphatic rings. The van der Waals surface area contributed by atoms with Crippen molar-refractivity contribution in [3.05, 3.63) is 0 Å². The molecule has 0 aromatic carbocycles. The lowest BCUT2D eigenvalue weighted by atomic mass is 9.77. The fourth-order valence-electron chi connectivity index (χ4n) is 4.57. The largest absolute Gasteiger partial charge is 0.343 e. The van der Waals surface area contributed by atoms with Gasteiger partial charge in [-0.1, -0.05) is 0 Å². The average Bonchev–Trinajstić information content (AvgIpc) is 3.12. The second kappa shape index (κ2) is 7.46. The van der Waals surface area contributed by atoms with E-state index in [0.29, 0.717) is 25.8 Å². The Kier molecular flexibility index (Phi) is 5.63. The van der Waals surface area contributed by atoms with Crippen LogP contribution in [0.3, 0.4) is 0 Å². The molecular weight excluding hydrogens is 354 g/mol. The first kappa shape index (κ1) is 19.6. The number of carbonyl (C=O) groups is 2. The lowest BCUT2D eigenvalue weighted by Crippen LogP contribution is -2.45. The number of piperidine rings is 1. The molecule has 0 aromatic heterocycles. The van der Waals surface area contributed by atoms with Gasteiger partial charge in [0.1, 0.15) is 0 Å². The van der Waals surface area contributed by atoms with Gasteiger partial charge in [0.25, 0.3) is 0 Å². The molecule has 8 heteroatoms. The van der Waals surface area contributed by atoms with Crippen LogP contribution in [0.4, 0.5) is 0 Å². The van der Waals surface area contributed by atoms with Crippen molar-refractivity contribution in [1.29, 1.82) is 0 Å². The first-order chi connectivity index (χ1) is 12.2. The molecule has 3 aliphatic heterocycles. The topological polar surface area (TPSA) is 78.0 Å². The number of hydrogen-bond acceptors (Lipinski definition) is 5. The highest BCUT2D eigenvalue weighted by Crippen LogP contribution is 2.40. The highest BCUT2D eigenvalue weighted by molar-refractivity contribution is 7.91. The molecule has 0 aliphatic carbocycles. The molecule has 0 bridgehead atoms. The Bertz CT molecular complexity index is 655. The Labute approximate surface area is 156 Å². The van der Waals surface area contributed by atoms with E-state index >= 15 is 0 Å². The van der Waals surface area contributed by atoms with Crippen molar-refractivity contribution in [2.45, 2.75) is 45.1 Å². The maximum absolute atomic E-state index is 12.5. The predicted molar refractivity (Wildman–Crippen MR) is 99.4 cm³/mol. The average molecular weight is 386 g/mol. The quantitative estimate of drug-likeness (QED) is 0.683. The van der Waals surface area contributed by atoms with E-state index < -0.39 is 9.84 Å². The summed E-state index contributed by atoms with van der Waals surface area (Å²) in [6, 6.07) is 0.0435. The lowest BCUT2D eigenvalue weighted by molar-refractivity contribution is -0.133. The van der Waals surface area contributed by atoms with Crippen LogP contribution in [0.2, 0.25) is 0 Å².